The lowest BCUT2D eigenvalue weighted by Gasteiger charge is -2.34. The number of ether oxygens (including phenoxy) is 2. The molecule has 2 N–H and O–H groups in total. The number of nitrogens with one attached hydrogen (secondary N) is 2. The van der Waals surface area contributed by atoms with Crippen molar-refractivity contribution < 1.29 is 27.4 Å². The fraction of sp³-hybridized carbons (Fsp3) is 0.304. The first kappa shape index (κ1) is 22.5. The van der Waals surface area contributed by atoms with Crippen LogP contribution in [-0.4, -0.2) is 36.1 Å². The van der Waals surface area contributed by atoms with E-state index in [0.717, 1.165) is 16.4 Å². The lowest BCUT2D eigenvalue weighted by atomic mass is 9.95. The number of methoxy groups -OCH3 is 2. The molecule has 7 nitrogen and oxygen atoms in total. The average Bonchev–Trinajstić information content (AvgIpc) is 3.25. The summed E-state index contributed by atoms with van der Waals surface area (Å²) in [7, 11) is 3.02. The van der Waals surface area contributed by atoms with E-state index in [-0.39, 0.29) is 24.3 Å². The molecule has 0 saturated heterocycles. The summed E-state index contributed by atoms with van der Waals surface area (Å²) in [5, 5.41) is 9.72. The van der Waals surface area contributed by atoms with Gasteiger partial charge in [0, 0.05) is 18.5 Å². The number of anilines is 1. The Kier molecular flexibility index (Phi) is 6.17. The van der Waals surface area contributed by atoms with Gasteiger partial charge in [-0.15, -0.1) is 0 Å². The molecule has 2 atom stereocenters. The Morgan fingerprint density at radius 3 is 2.55 bits per heavy atom. The smallest absolute Gasteiger partial charge is 0.410 e. The largest absolute Gasteiger partial charge is 0.497 e. The maximum Gasteiger partial charge on any atom is 0.410 e. The fourth-order valence-electron chi connectivity index (χ4n) is 3.91. The van der Waals surface area contributed by atoms with Crippen LogP contribution in [0.3, 0.4) is 0 Å². The van der Waals surface area contributed by atoms with E-state index in [4.69, 9.17) is 9.47 Å². The van der Waals surface area contributed by atoms with Crippen molar-refractivity contribution in [2.45, 2.75) is 31.2 Å². The molecule has 0 spiro atoms. The predicted octanol–water partition coefficient (Wildman–Crippen LogP) is 4.49. The molecule has 0 aliphatic carbocycles. The van der Waals surface area contributed by atoms with Gasteiger partial charge in [0.2, 0.25) is 0 Å². The number of hydrogen-bond donors (Lipinski definition) is 2. The van der Waals surface area contributed by atoms with Crippen molar-refractivity contribution in [2.24, 2.45) is 0 Å². The van der Waals surface area contributed by atoms with E-state index >= 15 is 0 Å². The van der Waals surface area contributed by atoms with Crippen LogP contribution in [0.25, 0.3) is 0 Å². The summed E-state index contributed by atoms with van der Waals surface area (Å²) in [6.07, 6.45) is -3.67. The highest BCUT2D eigenvalue weighted by molar-refractivity contribution is 5.98. The summed E-state index contributed by atoms with van der Waals surface area (Å²) in [5.74, 6) is 0.642. The highest BCUT2D eigenvalue weighted by Gasteiger charge is 2.47. The lowest BCUT2D eigenvalue weighted by molar-refractivity contribution is -0.173. The zero-order valence-electron chi connectivity index (χ0n) is 18.0. The molecule has 1 aliphatic heterocycles. The quantitative estimate of drug-likeness (QED) is 0.567. The Hall–Kier alpha value is -3.69. The van der Waals surface area contributed by atoms with E-state index in [1.807, 2.05) is 0 Å². The maximum absolute atomic E-state index is 13.9. The molecule has 0 saturated carbocycles. The number of fused-ring (bicyclic) bond motifs is 1. The monoisotopic (exact) mass is 460 g/mol. The first-order chi connectivity index (χ1) is 15.8. The molecule has 0 fully saturated rings. The van der Waals surface area contributed by atoms with E-state index in [2.05, 4.69) is 15.7 Å². The Balaban J connectivity index is 1.61. The van der Waals surface area contributed by atoms with Crippen molar-refractivity contribution >= 4 is 11.7 Å². The average molecular weight is 460 g/mol. The van der Waals surface area contributed by atoms with E-state index in [9.17, 15) is 18.0 Å². The summed E-state index contributed by atoms with van der Waals surface area (Å²) < 4.78 is 53.0. The Morgan fingerprint density at radius 1 is 1.15 bits per heavy atom. The van der Waals surface area contributed by atoms with Gasteiger partial charge in [0.05, 0.1) is 26.5 Å². The second-order valence-corrected chi connectivity index (χ2v) is 7.61. The number of alkyl halides is 3. The molecule has 174 valence electrons. The Labute approximate surface area is 188 Å². The van der Waals surface area contributed by atoms with Crippen LogP contribution in [-0.2, 0) is 6.54 Å². The molecule has 1 aromatic heterocycles. The third kappa shape index (κ3) is 4.59. The van der Waals surface area contributed by atoms with Crippen molar-refractivity contribution in [1.82, 2.24) is 15.1 Å². The molecule has 3 aromatic rings. The Morgan fingerprint density at radius 2 is 1.88 bits per heavy atom. The number of para-hydroxylation sites is 1. The highest BCUT2D eigenvalue weighted by Crippen LogP contribution is 2.45. The number of aromatic nitrogens is 2. The molecule has 0 radical (unpaired) electrons. The molecule has 4 rings (SSSR count). The first-order valence-electron chi connectivity index (χ1n) is 10.3. The lowest BCUT2D eigenvalue weighted by Crippen LogP contribution is -2.36. The third-order valence-corrected chi connectivity index (χ3v) is 5.61. The topological polar surface area (TPSA) is 77.4 Å². The molecule has 1 aliphatic rings. The van der Waals surface area contributed by atoms with Gasteiger partial charge in [-0.05, 0) is 23.8 Å². The van der Waals surface area contributed by atoms with Crippen molar-refractivity contribution in [3.05, 3.63) is 71.4 Å². The number of benzene rings is 2. The molecule has 0 bridgehead atoms. The summed E-state index contributed by atoms with van der Waals surface area (Å²) in [6, 6.07) is 11.4. The van der Waals surface area contributed by atoms with Crippen LogP contribution in [0.4, 0.5) is 19.0 Å². The zero-order valence-corrected chi connectivity index (χ0v) is 18.0. The van der Waals surface area contributed by atoms with Crippen LogP contribution in [0.5, 0.6) is 11.5 Å². The van der Waals surface area contributed by atoms with Crippen LogP contribution in [0.2, 0.25) is 0 Å². The standard InChI is InChI=1S/C23H23F3N4O3/c1-32-15-9-7-14(8-10-15)12-27-22(31)17-13-28-30-20(23(24,25)26)11-18(29-21(17)30)16-5-3-4-6-19(16)33-2/h3-10,13,18,20,29H,11-12H2,1-2H3,(H,27,31)/t18-,20+/m1/s1. The minimum absolute atomic E-state index is 0.0201. The second kappa shape index (κ2) is 9.05. The van der Waals surface area contributed by atoms with Gasteiger partial charge in [0.1, 0.15) is 22.9 Å². The van der Waals surface area contributed by atoms with Gasteiger partial charge in [-0.1, -0.05) is 30.3 Å². The summed E-state index contributed by atoms with van der Waals surface area (Å²) >= 11 is 0. The molecule has 2 heterocycles. The van der Waals surface area contributed by atoms with E-state index < -0.39 is 24.2 Å². The number of carbonyl (C=O) groups is 1. The summed E-state index contributed by atoms with van der Waals surface area (Å²) in [6.45, 7) is 0.200. The minimum atomic E-state index is -4.54. The molecular formula is C23H23F3N4O3. The van der Waals surface area contributed by atoms with E-state index in [1.165, 1.54) is 7.11 Å². The molecule has 2 aromatic carbocycles. The van der Waals surface area contributed by atoms with Crippen molar-refractivity contribution in [1.29, 1.82) is 0 Å². The van der Waals surface area contributed by atoms with Crippen molar-refractivity contribution in [2.75, 3.05) is 19.5 Å². The van der Waals surface area contributed by atoms with Crippen molar-refractivity contribution in [3.63, 3.8) is 0 Å². The van der Waals surface area contributed by atoms with Gasteiger partial charge in [0.25, 0.3) is 5.91 Å². The zero-order chi connectivity index (χ0) is 23.6. The summed E-state index contributed by atoms with van der Waals surface area (Å²) in [4.78, 5) is 12.9. The second-order valence-electron chi connectivity index (χ2n) is 7.61. The Bertz CT molecular complexity index is 1130. The maximum atomic E-state index is 13.9. The van der Waals surface area contributed by atoms with Gasteiger partial charge in [-0.25, -0.2) is 4.68 Å². The van der Waals surface area contributed by atoms with E-state index in [0.29, 0.717) is 17.1 Å². The van der Waals surface area contributed by atoms with Crippen LogP contribution >= 0.6 is 0 Å². The fourth-order valence-corrected chi connectivity index (χ4v) is 3.91. The molecule has 1 amide bonds. The van der Waals surface area contributed by atoms with E-state index in [1.54, 1.807) is 55.6 Å². The van der Waals surface area contributed by atoms with Gasteiger partial charge < -0.3 is 20.1 Å². The molecular weight excluding hydrogens is 437 g/mol. The SMILES string of the molecule is COc1ccc(CNC(=O)c2cnn3c2N[C@@H](c2ccccc2OC)C[C@H]3C(F)(F)F)cc1. The third-order valence-electron chi connectivity index (χ3n) is 5.61. The molecule has 0 unspecified atom stereocenters. The summed E-state index contributed by atoms with van der Waals surface area (Å²) in [5.41, 5.74) is 1.43. The van der Waals surface area contributed by atoms with Crippen LogP contribution in [0, 0.1) is 0 Å². The van der Waals surface area contributed by atoms with Gasteiger partial charge in [0.15, 0.2) is 6.04 Å². The number of nitrogens with zero attached hydrogens (tertiary/aromatic N) is 2. The van der Waals surface area contributed by atoms with Crippen molar-refractivity contribution in [3.8, 4) is 11.5 Å². The molecule has 10 heteroatoms. The van der Waals surface area contributed by atoms with Crippen LogP contribution in [0.1, 0.15) is 40.0 Å². The van der Waals surface area contributed by atoms with Crippen LogP contribution in [0.15, 0.2) is 54.7 Å². The van der Waals surface area contributed by atoms with Gasteiger partial charge in [-0.3, -0.25) is 4.79 Å². The minimum Gasteiger partial charge on any atom is -0.497 e. The number of amides is 1. The molecule has 33 heavy (non-hydrogen) atoms. The predicted molar refractivity (Wildman–Crippen MR) is 115 cm³/mol. The number of rotatable bonds is 6. The number of hydrogen-bond acceptors (Lipinski definition) is 5. The van der Waals surface area contributed by atoms with Crippen LogP contribution < -0.4 is 20.1 Å². The number of carbonyl (C=O) groups excluding carboxylic acids is 1. The van der Waals surface area contributed by atoms with Gasteiger partial charge >= 0.3 is 6.18 Å². The van der Waals surface area contributed by atoms with Gasteiger partial charge in [-0.2, -0.15) is 18.3 Å². The first-order valence-corrected chi connectivity index (χ1v) is 10.3. The highest BCUT2D eigenvalue weighted by atomic mass is 19.4. The number of halogens is 3. The normalized spacial score (nSPS) is 17.6.